The van der Waals surface area contributed by atoms with Crippen LogP contribution in [0.15, 0.2) is 65.6 Å². The summed E-state index contributed by atoms with van der Waals surface area (Å²) >= 11 is 0.913. The van der Waals surface area contributed by atoms with Crippen molar-refractivity contribution in [2.45, 2.75) is 34.2 Å². The molecule has 8 heteroatoms. The molecule has 1 fully saturated rings. The number of imide groups is 1. The van der Waals surface area contributed by atoms with Gasteiger partial charge in [0.2, 0.25) is 0 Å². The van der Waals surface area contributed by atoms with E-state index >= 15 is 0 Å². The molecular formula is C30H30N2O5S. The lowest BCUT2D eigenvalue weighted by atomic mass is 10.1. The summed E-state index contributed by atoms with van der Waals surface area (Å²) in [7, 11) is 0. The molecule has 1 saturated heterocycles. The van der Waals surface area contributed by atoms with Gasteiger partial charge in [-0.05, 0) is 86.0 Å². The molecule has 0 aromatic heterocycles. The number of hydrogen-bond acceptors (Lipinski definition) is 6. The summed E-state index contributed by atoms with van der Waals surface area (Å²) in [5.74, 6) is 0.238. The summed E-state index contributed by atoms with van der Waals surface area (Å²) in [5, 5.41) is 2.57. The predicted octanol–water partition coefficient (Wildman–Crippen LogP) is 6.26. The number of ether oxygens (including phenoxy) is 2. The van der Waals surface area contributed by atoms with E-state index in [2.05, 4.69) is 5.32 Å². The Labute approximate surface area is 226 Å². The molecule has 0 saturated carbocycles. The lowest BCUT2D eigenvalue weighted by molar-refractivity contribution is -0.123. The molecule has 0 aliphatic carbocycles. The van der Waals surface area contributed by atoms with Crippen LogP contribution in [0.25, 0.3) is 6.08 Å². The molecule has 1 heterocycles. The molecule has 0 bridgehead atoms. The van der Waals surface area contributed by atoms with Gasteiger partial charge in [-0.1, -0.05) is 48.0 Å². The molecule has 196 valence electrons. The number of nitrogens with zero attached hydrogens (tertiary/aromatic N) is 1. The molecule has 3 aromatic carbocycles. The van der Waals surface area contributed by atoms with E-state index in [4.69, 9.17) is 9.47 Å². The van der Waals surface area contributed by atoms with Crippen LogP contribution in [-0.2, 0) is 16.1 Å². The molecule has 0 unspecified atom stereocenters. The van der Waals surface area contributed by atoms with Crippen LogP contribution in [0.3, 0.4) is 0 Å². The van der Waals surface area contributed by atoms with E-state index in [1.807, 2.05) is 70.2 Å². The third-order valence-corrected chi connectivity index (χ3v) is 7.05. The van der Waals surface area contributed by atoms with Crippen LogP contribution < -0.4 is 14.8 Å². The van der Waals surface area contributed by atoms with Gasteiger partial charge < -0.3 is 14.8 Å². The SMILES string of the molecule is CCOc1cc(/C=C2\SC(=O)N(Cc3ccc(C)cc3)C2=O)ccc1OCC(=O)Nc1cccc(C)c1C. The van der Waals surface area contributed by atoms with Crippen molar-refractivity contribution in [2.75, 3.05) is 18.5 Å². The minimum Gasteiger partial charge on any atom is -0.490 e. The topological polar surface area (TPSA) is 84.9 Å². The van der Waals surface area contributed by atoms with Gasteiger partial charge in [0, 0.05) is 5.69 Å². The van der Waals surface area contributed by atoms with Crippen LogP contribution in [0.1, 0.15) is 34.7 Å². The minimum atomic E-state index is -0.332. The van der Waals surface area contributed by atoms with E-state index in [1.54, 1.807) is 24.3 Å². The molecule has 38 heavy (non-hydrogen) atoms. The number of rotatable bonds is 9. The zero-order valence-corrected chi connectivity index (χ0v) is 22.7. The van der Waals surface area contributed by atoms with Crippen LogP contribution in [0.5, 0.6) is 11.5 Å². The van der Waals surface area contributed by atoms with Gasteiger partial charge in [0.25, 0.3) is 17.1 Å². The first-order valence-corrected chi connectivity index (χ1v) is 13.1. The highest BCUT2D eigenvalue weighted by atomic mass is 32.2. The number of carbonyl (C=O) groups excluding carboxylic acids is 3. The Morgan fingerprint density at radius 1 is 0.974 bits per heavy atom. The predicted molar refractivity (Wildman–Crippen MR) is 150 cm³/mol. The van der Waals surface area contributed by atoms with Gasteiger partial charge in [0.15, 0.2) is 18.1 Å². The van der Waals surface area contributed by atoms with E-state index in [9.17, 15) is 14.4 Å². The van der Waals surface area contributed by atoms with Crippen LogP contribution in [-0.4, -0.2) is 35.2 Å². The fourth-order valence-corrected chi connectivity index (χ4v) is 4.72. The van der Waals surface area contributed by atoms with Crippen molar-refractivity contribution in [1.82, 2.24) is 4.90 Å². The summed E-state index contributed by atoms with van der Waals surface area (Å²) in [5.41, 5.74) is 5.52. The number of thioether (sulfide) groups is 1. The Hall–Kier alpha value is -4.04. The Bertz CT molecular complexity index is 1400. The summed E-state index contributed by atoms with van der Waals surface area (Å²) in [6.45, 7) is 8.20. The number of nitrogens with one attached hydrogen (secondary N) is 1. The number of amides is 3. The van der Waals surface area contributed by atoms with Crippen LogP contribution in [0.4, 0.5) is 10.5 Å². The van der Waals surface area contributed by atoms with Crippen LogP contribution in [0, 0.1) is 20.8 Å². The summed E-state index contributed by atoms with van der Waals surface area (Å²) in [6, 6.07) is 18.7. The molecule has 0 atom stereocenters. The molecule has 1 N–H and O–H groups in total. The van der Waals surface area contributed by atoms with Gasteiger partial charge >= 0.3 is 0 Å². The fourth-order valence-electron chi connectivity index (χ4n) is 3.88. The first-order valence-electron chi connectivity index (χ1n) is 12.3. The second-order valence-electron chi connectivity index (χ2n) is 8.98. The summed E-state index contributed by atoms with van der Waals surface area (Å²) in [4.78, 5) is 39.6. The highest BCUT2D eigenvalue weighted by molar-refractivity contribution is 8.18. The first kappa shape index (κ1) is 27.0. The zero-order valence-electron chi connectivity index (χ0n) is 21.9. The quantitative estimate of drug-likeness (QED) is 0.329. The molecule has 3 aromatic rings. The molecule has 1 aliphatic heterocycles. The standard InChI is InChI=1S/C30H30N2O5S/c1-5-36-26-15-23(13-14-25(26)37-18-28(33)31-24-8-6-7-20(3)21(24)4)16-27-29(34)32(30(35)38-27)17-22-11-9-19(2)10-12-22/h6-16H,5,17-18H2,1-4H3,(H,31,33)/b27-16-. The van der Waals surface area contributed by atoms with E-state index in [1.165, 1.54) is 4.90 Å². The molecule has 1 aliphatic rings. The third-order valence-electron chi connectivity index (χ3n) is 6.14. The number of aryl methyl sites for hydroxylation is 2. The second kappa shape index (κ2) is 12.0. The van der Waals surface area contributed by atoms with Crippen molar-refractivity contribution in [3.8, 4) is 11.5 Å². The monoisotopic (exact) mass is 530 g/mol. The van der Waals surface area contributed by atoms with Crippen molar-refractivity contribution in [2.24, 2.45) is 0 Å². The van der Waals surface area contributed by atoms with Gasteiger partial charge in [-0.3, -0.25) is 19.3 Å². The Morgan fingerprint density at radius 3 is 2.47 bits per heavy atom. The van der Waals surface area contributed by atoms with Gasteiger partial charge in [0.05, 0.1) is 18.1 Å². The number of benzene rings is 3. The van der Waals surface area contributed by atoms with Gasteiger partial charge in [-0.2, -0.15) is 0 Å². The molecular weight excluding hydrogens is 500 g/mol. The third kappa shape index (κ3) is 6.44. The van der Waals surface area contributed by atoms with Crippen molar-refractivity contribution in [3.05, 3.63) is 93.4 Å². The lowest BCUT2D eigenvalue weighted by Gasteiger charge is -2.14. The fraction of sp³-hybridized carbons (Fsp3) is 0.233. The number of anilines is 1. The molecule has 3 amide bonds. The van der Waals surface area contributed by atoms with Crippen molar-refractivity contribution >= 4 is 40.6 Å². The maximum Gasteiger partial charge on any atom is 0.293 e. The lowest BCUT2D eigenvalue weighted by Crippen LogP contribution is -2.27. The smallest absolute Gasteiger partial charge is 0.293 e. The molecule has 0 spiro atoms. The molecule has 0 radical (unpaired) electrons. The van der Waals surface area contributed by atoms with E-state index in [0.717, 1.165) is 39.7 Å². The Kier molecular flexibility index (Phi) is 8.53. The Morgan fingerprint density at radius 2 is 1.74 bits per heavy atom. The van der Waals surface area contributed by atoms with Gasteiger partial charge in [0.1, 0.15) is 0 Å². The van der Waals surface area contributed by atoms with Crippen molar-refractivity contribution in [3.63, 3.8) is 0 Å². The maximum absolute atomic E-state index is 13.0. The highest BCUT2D eigenvalue weighted by Crippen LogP contribution is 2.35. The minimum absolute atomic E-state index is 0.190. The maximum atomic E-state index is 13.0. The van der Waals surface area contributed by atoms with E-state index < -0.39 is 0 Å². The van der Waals surface area contributed by atoms with Gasteiger partial charge in [-0.25, -0.2) is 0 Å². The van der Waals surface area contributed by atoms with Gasteiger partial charge in [-0.15, -0.1) is 0 Å². The highest BCUT2D eigenvalue weighted by Gasteiger charge is 2.35. The largest absolute Gasteiger partial charge is 0.490 e. The zero-order chi connectivity index (χ0) is 27.2. The van der Waals surface area contributed by atoms with Crippen molar-refractivity contribution < 1.29 is 23.9 Å². The average Bonchev–Trinajstić information content (AvgIpc) is 3.15. The van der Waals surface area contributed by atoms with Crippen LogP contribution >= 0.6 is 11.8 Å². The molecule has 4 rings (SSSR count). The first-order chi connectivity index (χ1) is 18.2. The number of hydrogen-bond donors (Lipinski definition) is 1. The van der Waals surface area contributed by atoms with E-state index in [0.29, 0.717) is 28.6 Å². The number of carbonyl (C=O) groups is 3. The Balaban J connectivity index is 1.44. The summed E-state index contributed by atoms with van der Waals surface area (Å²) < 4.78 is 11.5. The molecule has 7 nitrogen and oxygen atoms in total. The van der Waals surface area contributed by atoms with Crippen molar-refractivity contribution in [1.29, 1.82) is 0 Å². The normalized spacial score (nSPS) is 14.2. The van der Waals surface area contributed by atoms with Crippen LogP contribution in [0.2, 0.25) is 0 Å². The van der Waals surface area contributed by atoms with E-state index in [-0.39, 0.29) is 30.2 Å². The summed E-state index contributed by atoms with van der Waals surface area (Å²) in [6.07, 6.45) is 1.67. The average molecular weight is 531 g/mol. The second-order valence-corrected chi connectivity index (χ2v) is 9.97.